The molecule has 8 heteroatoms. The lowest BCUT2D eigenvalue weighted by molar-refractivity contribution is -0.132. The van der Waals surface area contributed by atoms with E-state index in [9.17, 15) is 9.59 Å². The second kappa shape index (κ2) is 8.10. The molecule has 28 heavy (non-hydrogen) atoms. The predicted molar refractivity (Wildman–Crippen MR) is 107 cm³/mol. The lowest BCUT2D eigenvalue weighted by Gasteiger charge is -2.20. The van der Waals surface area contributed by atoms with Gasteiger partial charge in [0, 0.05) is 25.2 Å². The molecular weight excluding hydrogens is 376 g/mol. The Kier molecular flexibility index (Phi) is 5.38. The van der Waals surface area contributed by atoms with Crippen molar-refractivity contribution in [2.45, 2.75) is 39.2 Å². The van der Waals surface area contributed by atoms with Gasteiger partial charge in [-0.05, 0) is 31.2 Å². The first-order valence-electron chi connectivity index (χ1n) is 9.49. The topological polar surface area (TPSA) is 81.2 Å². The maximum absolute atomic E-state index is 12.7. The number of hydrogen-bond acceptors (Lipinski definition) is 6. The minimum atomic E-state index is -0.326. The molecule has 0 radical (unpaired) electrons. The molecule has 0 saturated carbocycles. The fourth-order valence-electron chi connectivity index (χ4n) is 3.43. The van der Waals surface area contributed by atoms with Crippen LogP contribution in [0.1, 0.15) is 31.4 Å². The van der Waals surface area contributed by atoms with E-state index in [0.29, 0.717) is 17.0 Å². The van der Waals surface area contributed by atoms with Crippen LogP contribution >= 0.6 is 11.3 Å². The molecule has 0 N–H and O–H groups in total. The molecule has 3 aromatic heterocycles. The zero-order chi connectivity index (χ0) is 19.5. The van der Waals surface area contributed by atoms with Crippen molar-refractivity contribution >= 4 is 17.2 Å². The van der Waals surface area contributed by atoms with Gasteiger partial charge in [-0.25, -0.2) is 4.68 Å². The van der Waals surface area contributed by atoms with Crippen molar-refractivity contribution in [3.05, 3.63) is 45.7 Å². The van der Waals surface area contributed by atoms with Crippen LogP contribution < -0.4 is 5.56 Å². The van der Waals surface area contributed by atoms with Crippen molar-refractivity contribution in [1.82, 2.24) is 19.8 Å². The minimum Gasteiger partial charge on any atom is -0.356 e. The van der Waals surface area contributed by atoms with Crippen LogP contribution in [0, 0.1) is 6.92 Å². The number of likely N-dealkylation sites (tertiary alicyclic amines) is 1. The van der Waals surface area contributed by atoms with Gasteiger partial charge in [-0.1, -0.05) is 24.1 Å². The number of nitrogens with zero attached hydrogens (tertiary/aromatic N) is 4. The molecule has 1 saturated heterocycles. The number of rotatable bonds is 4. The number of hydrogen-bond donors (Lipinski definition) is 0. The molecule has 0 spiro atoms. The van der Waals surface area contributed by atoms with Gasteiger partial charge in [-0.15, -0.1) is 11.3 Å². The fourth-order valence-corrected chi connectivity index (χ4v) is 4.15. The fraction of sp³-hybridized carbons (Fsp3) is 0.400. The summed E-state index contributed by atoms with van der Waals surface area (Å²) in [6.07, 6.45) is 4.32. The Morgan fingerprint density at radius 1 is 1.21 bits per heavy atom. The van der Waals surface area contributed by atoms with E-state index in [4.69, 9.17) is 4.52 Å². The van der Waals surface area contributed by atoms with Gasteiger partial charge in [-0.3, -0.25) is 9.59 Å². The van der Waals surface area contributed by atoms with Gasteiger partial charge in [-0.2, -0.15) is 5.10 Å². The predicted octanol–water partition coefficient (Wildman–Crippen LogP) is 3.34. The normalized spacial score (nSPS) is 14.8. The van der Waals surface area contributed by atoms with Crippen LogP contribution in [0.3, 0.4) is 0 Å². The van der Waals surface area contributed by atoms with E-state index in [1.165, 1.54) is 22.1 Å². The summed E-state index contributed by atoms with van der Waals surface area (Å²) in [5, 5.41) is 10.4. The Morgan fingerprint density at radius 2 is 2.00 bits per heavy atom. The van der Waals surface area contributed by atoms with Crippen molar-refractivity contribution in [2.24, 2.45) is 0 Å². The molecule has 0 unspecified atom stereocenters. The monoisotopic (exact) mass is 398 g/mol. The molecule has 0 atom stereocenters. The van der Waals surface area contributed by atoms with Crippen LogP contribution in [0.5, 0.6) is 0 Å². The summed E-state index contributed by atoms with van der Waals surface area (Å²) in [5.74, 6) is 0.438. The molecule has 7 nitrogen and oxygen atoms in total. The van der Waals surface area contributed by atoms with Crippen molar-refractivity contribution in [2.75, 3.05) is 13.1 Å². The molecule has 4 heterocycles. The highest BCUT2D eigenvalue weighted by atomic mass is 32.1. The SMILES string of the molecule is Cc1cc(-c2cc(=O)n(CC(=O)N3CCCCCC3)nc2-c2cccs2)on1. The number of carbonyl (C=O) groups excluding carboxylic acids is 1. The molecule has 146 valence electrons. The van der Waals surface area contributed by atoms with E-state index in [-0.39, 0.29) is 18.0 Å². The van der Waals surface area contributed by atoms with Gasteiger partial charge in [0.1, 0.15) is 12.2 Å². The first-order valence-corrected chi connectivity index (χ1v) is 10.4. The zero-order valence-electron chi connectivity index (χ0n) is 15.8. The van der Waals surface area contributed by atoms with Crippen molar-refractivity contribution in [3.63, 3.8) is 0 Å². The molecule has 1 fully saturated rings. The van der Waals surface area contributed by atoms with Gasteiger partial charge in [0.2, 0.25) is 5.91 Å². The Balaban J connectivity index is 1.70. The summed E-state index contributed by atoms with van der Waals surface area (Å²) in [6.45, 7) is 3.28. The van der Waals surface area contributed by atoms with Crippen LogP contribution in [0.25, 0.3) is 21.9 Å². The van der Waals surface area contributed by atoms with Crippen LogP contribution in [-0.4, -0.2) is 38.8 Å². The molecule has 0 aromatic carbocycles. The van der Waals surface area contributed by atoms with Gasteiger partial charge in [0.25, 0.3) is 5.56 Å². The van der Waals surface area contributed by atoms with E-state index < -0.39 is 0 Å². The van der Waals surface area contributed by atoms with Gasteiger partial charge in [0.05, 0.1) is 16.1 Å². The zero-order valence-corrected chi connectivity index (χ0v) is 16.6. The quantitative estimate of drug-likeness (QED) is 0.673. The minimum absolute atomic E-state index is 0.0487. The summed E-state index contributed by atoms with van der Waals surface area (Å²) in [6, 6.07) is 7.12. The average Bonchev–Trinajstić information content (AvgIpc) is 3.28. The Morgan fingerprint density at radius 3 is 2.64 bits per heavy atom. The third-order valence-electron chi connectivity index (χ3n) is 4.89. The van der Waals surface area contributed by atoms with Crippen LogP contribution in [-0.2, 0) is 11.3 Å². The van der Waals surface area contributed by atoms with Crippen LogP contribution in [0.4, 0.5) is 0 Å². The lowest BCUT2D eigenvalue weighted by Crippen LogP contribution is -2.38. The highest BCUT2D eigenvalue weighted by molar-refractivity contribution is 7.13. The number of amides is 1. The van der Waals surface area contributed by atoms with E-state index in [2.05, 4.69) is 10.3 Å². The first kappa shape index (κ1) is 18.6. The maximum atomic E-state index is 12.7. The Labute approximate surface area is 166 Å². The third kappa shape index (κ3) is 3.91. The summed E-state index contributed by atoms with van der Waals surface area (Å²) in [4.78, 5) is 28.2. The van der Waals surface area contributed by atoms with Crippen LogP contribution in [0.15, 0.2) is 39.0 Å². The molecule has 1 aliphatic rings. The number of carbonyl (C=O) groups is 1. The summed E-state index contributed by atoms with van der Waals surface area (Å²) >= 11 is 1.52. The van der Waals surface area contributed by atoms with Gasteiger partial charge >= 0.3 is 0 Å². The van der Waals surface area contributed by atoms with Gasteiger partial charge < -0.3 is 9.42 Å². The highest BCUT2D eigenvalue weighted by Gasteiger charge is 2.20. The molecule has 0 aliphatic carbocycles. The molecule has 4 rings (SSSR count). The first-order chi connectivity index (χ1) is 13.6. The second-order valence-electron chi connectivity index (χ2n) is 7.01. The average molecular weight is 398 g/mol. The number of aryl methyl sites for hydroxylation is 1. The van der Waals surface area contributed by atoms with E-state index in [1.807, 2.05) is 29.3 Å². The molecular formula is C20H22N4O3S. The van der Waals surface area contributed by atoms with Gasteiger partial charge in [0.15, 0.2) is 5.76 Å². The molecule has 0 bridgehead atoms. The standard InChI is InChI=1S/C20H22N4O3S/c1-14-11-16(27-22-14)15-12-18(25)24(21-20(15)17-7-6-10-28-17)13-19(26)23-8-4-2-3-5-9-23/h6-7,10-12H,2-5,8-9,13H2,1H3. The Bertz CT molecular complexity index is 1010. The molecule has 1 aliphatic heterocycles. The maximum Gasteiger partial charge on any atom is 0.268 e. The third-order valence-corrected chi connectivity index (χ3v) is 5.77. The van der Waals surface area contributed by atoms with E-state index >= 15 is 0 Å². The summed E-state index contributed by atoms with van der Waals surface area (Å²) < 4.78 is 6.62. The van der Waals surface area contributed by atoms with Crippen molar-refractivity contribution < 1.29 is 9.32 Å². The number of thiophene rings is 1. The lowest BCUT2D eigenvalue weighted by atomic mass is 10.1. The highest BCUT2D eigenvalue weighted by Crippen LogP contribution is 2.32. The van der Waals surface area contributed by atoms with Crippen molar-refractivity contribution in [1.29, 1.82) is 0 Å². The largest absolute Gasteiger partial charge is 0.356 e. The second-order valence-corrected chi connectivity index (χ2v) is 7.96. The summed E-state index contributed by atoms with van der Waals surface area (Å²) in [5.41, 5.74) is 1.61. The van der Waals surface area contributed by atoms with Crippen molar-refractivity contribution in [3.8, 4) is 21.9 Å². The summed E-state index contributed by atoms with van der Waals surface area (Å²) in [7, 11) is 0. The Hall–Kier alpha value is -2.74. The number of aromatic nitrogens is 3. The molecule has 3 aromatic rings. The van der Waals surface area contributed by atoms with E-state index in [0.717, 1.165) is 49.3 Å². The van der Waals surface area contributed by atoms with E-state index in [1.54, 1.807) is 6.07 Å². The molecule has 1 amide bonds. The smallest absolute Gasteiger partial charge is 0.268 e. The van der Waals surface area contributed by atoms with Crippen LogP contribution in [0.2, 0.25) is 0 Å².